The van der Waals surface area contributed by atoms with E-state index in [1.165, 1.54) is 0 Å². The molecule has 7 nitrogen and oxygen atoms in total. The van der Waals surface area contributed by atoms with Crippen LogP contribution >= 0.6 is 0 Å². The van der Waals surface area contributed by atoms with Crippen LogP contribution in [0.1, 0.15) is 59.3 Å². The third-order valence-corrected chi connectivity index (χ3v) is 7.00. The first kappa shape index (κ1) is 22.5. The third kappa shape index (κ3) is 6.38. The largest absolute Gasteiger partial charge is 0.494 e. The number of ether oxygens (including phenoxy) is 1. The number of carbonyl (C=O) groups excluding carboxylic acids is 1. The van der Waals surface area contributed by atoms with Crippen LogP contribution in [-0.4, -0.2) is 32.2 Å². The summed E-state index contributed by atoms with van der Waals surface area (Å²) in [4.78, 5) is 12.6. The van der Waals surface area contributed by atoms with E-state index in [4.69, 9.17) is 10.5 Å². The lowest BCUT2D eigenvalue weighted by atomic mass is 9.86. The second-order valence-corrected chi connectivity index (χ2v) is 9.97. The van der Waals surface area contributed by atoms with Gasteiger partial charge in [0, 0.05) is 18.0 Å². The standard InChI is InChI=1S/C20H33N3O4S/c1-4-5-12-27-17-10-11-19(18(21)13-17)22-20(24)15-6-8-16(9-7-15)23-28(25,26)14(2)3/h10-11,13-16,23H,4-9,12,21H2,1-3H3,(H,22,24). The molecule has 1 saturated carbocycles. The van der Waals surface area contributed by atoms with E-state index in [0.29, 0.717) is 49.4 Å². The highest BCUT2D eigenvalue weighted by molar-refractivity contribution is 7.90. The molecule has 1 aromatic rings. The first-order valence-corrected chi connectivity index (χ1v) is 11.6. The van der Waals surface area contributed by atoms with Crippen LogP contribution < -0.4 is 20.5 Å². The predicted octanol–water partition coefficient (Wildman–Crippen LogP) is 3.27. The van der Waals surface area contributed by atoms with E-state index in [1.54, 1.807) is 32.0 Å². The zero-order valence-corrected chi connectivity index (χ0v) is 17.8. The lowest BCUT2D eigenvalue weighted by molar-refractivity contribution is -0.120. The molecule has 1 aliphatic rings. The summed E-state index contributed by atoms with van der Waals surface area (Å²) in [5.41, 5.74) is 7.10. The molecule has 0 aromatic heterocycles. The molecule has 1 aliphatic carbocycles. The molecule has 0 spiro atoms. The van der Waals surface area contributed by atoms with Gasteiger partial charge in [0.1, 0.15) is 5.75 Å². The zero-order chi connectivity index (χ0) is 20.7. The first-order chi connectivity index (χ1) is 13.2. The van der Waals surface area contributed by atoms with Gasteiger partial charge in [-0.15, -0.1) is 0 Å². The maximum atomic E-state index is 12.6. The minimum absolute atomic E-state index is 0.0727. The number of sulfonamides is 1. The van der Waals surface area contributed by atoms with E-state index >= 15 is 0 Å². The summed E-state index contributed by atoms with van der Waals surface area (Å²) < 4.78 is 32.3. The summed E-state index contributed by atoms with van der Waals surface area (Å²) in [6.07, 6.45) is 4.65. The van der Waals surface area contributed by atoms with E-state index in [9.17, 15) is 13.2 Å². The fourth-order valence-corrected chi connectivity index (χ4v) is 4.13. The lowest BCUT2D eigenvalue weighted by Gasteiger charge is -2.29. The number of carbonyl (C=O) groups is 1. The minimum atomic E-state index is -3.28. The van der Waals surface area contributed by atoms with Gasteiger partial charge < -0.3 is 15.8 Å². The fraction of sp³-hybridized carbons (Fsp3) is 0.650. The number of rotatable bonds is 9. The van der Waals surface area contributed by atoms with Gasteiger partial charge in [0.15, 0.2) is 0 Å². The number of anilines is 2. The van der Waals surface area contributed by atoms with Crippen LogP contribution in [-0.2, 0) is 14.8 Å². The van der Waals surface area contributed by atoms with Crippen molar-refractivity contribution in [2.75, 3.05) is 17.7 Å². The Morgan fingerprint density at radius 3 is 2.50 bits per heavy atom. The second kappa shape index (κ2) is 10.1. The SMILES string of the molecule is CCCCOc1ccc(NC(=O)C2CCC(NS(=O)(=O)C(C)C)CC2)c(N)c1. The van der Waals surface area contributed by atoms with Crippen molar-refractivity contribution in [3.8, 4) is 5.75 Å². The monoisotopic (exact) mass is 411 g/mol. The molecule has 0 radical (unpaired) electrons. The Morgan fingerprint density at radius 1 is 1.25 bits per heavy atom. The molecule has 28 heavy (non-hydrogen) atoms. The van der Waals surface area contributed by atoms with Crippen LogP contribution in [0.15, 0.2) is 18.2 Å². The summed E-state index contributed by atoms with van der Waals surface area (Å²) in [6.45, 7) is 6.06. The number of hydrogen-bond donors (Lipinski definition) is 3. The van der Waals surface area contributed by atoms with Crippen LogP contribution in [0.2, 0.25) is 0 Å². The van der Waals surface area contributed by atoms with Crippen molar-refractivity contribution in [1.29, 1.82) is 0 Å². The van der Waals surface area contributed by atoms with Crippen molar-refractivity contribution < 1.29 is 17.9 Å². The first-order valence-electron chi connectivity index (χ1n) is 10.1. The van der Waals surface area contributed by atoms with Crippen molar-refractivity contribution in [1.82, 2.24) is 4.72 Å². The zero-order valence-electron chi connectivity index (χ0n) is 17.0. The molecule has 1 aromatic carbocycles. The van der Waals surface area contributed by atoms with Gasteiger partial charge in [-0.1, -0.05) is 13.3 Å². The van der Waals surface area contributed by atoms with Crippen LogP contribution in [0, 0.1) is 5.92 Å². The summed E-state index contributed by atoms with van der Waals surface area (Å²) in [7, 11) is -3.28. The van der Waals surface area contributed by atoms with Crippen molar-refractivity contribution in [2.45, 2.75) is 70.6 Å². The number of nitrogen functional groups attached to an aromatic ring is 1. The molecule has 0 bridgehead atoms. The van der Waals surface area contributed by atoms with Crippen molar-refractivity contribution >= 4 is 27.3 Å². The van der Waals surface area contributed by atoms with Gasteiger partial charge in [0.25, 0.3) is 0 Å². The normalized spacial score (nSPS) is 20.1. The number of nitrogens with one attached hydrogen (secondary N) is 2. The van der Waals surface area contributed by atoms with Crippen LogP contribution in [0.4, 0.5) is 11.4 Å². The van der Waals surface area contributed by atoms with Gasteiger partial charge in [0.05, 0.1) is 23.2 Å². The Morgan fingerprint density at radius 2 is 1.93 bits per heavy atom. The van der Waals surface area contributed by atoms with Crippen molar-refractivity contribution in [3.05, 3.63) is 18.2 Å². The van der Waals surface area contributed by atoms with E-state index in [2.05, 4.69) is 17.0 Å². The quantitative estimate of drug-likeness (QED) is 0.427. The van der Waals surface area contributed by atoms with E-state index in [1.807, 2.05) is 0 Å². The number of hydrogen-bond acceptors (Lipinski definition) is 5. The van der Waals surface area contributed by atoms with Crippen molar-refractivity contribution in [2.24, 2.45) is 5.92 Å². The summed E-state index contributed by atoms with van der Waals surface area (Å²) in [6, 6.07) is 5.19. The van der Waals surface area contributed by atoms with Gasteiger partial charge in [-0.2, -0.15) is 0 Å². The lowest BCUT2D eigenvalue weighted by Crippen LogP contribution is -2.42. The Hall–Kier alpha value is -1.80. The molecule has 0 heterocycles. The molecule has 2 rings (SSSR count). The smallest absolute Gasteiger partial charge is 0.227 e. The number of amides is 1. The van der Waals surface area contributed by atoms with Crippen molar-refractivity contribution in [3.63, 3.8) is 0 Å². The number of benzene rings is 1. The third-order valence-electron chi connectivity index (χ3n) is 5.10. The van der Waals surface area contributed by atoms with E-state index < -0.39 is 15.3 Å². The van der Waals surface area contributed by atoms with Gasteiger partial charge in [-0.05, 0) is 58.1 Å². The number of nitrogens with two attached hydrogens (primary N) is 1. The average molecular weight is 412 g/mol. The summed E-state index contributed by atoms with van der Waals surface area (Å²) >= 11 is 0. The highest BCUT2D eigenvalue weighted by Gasteiger charge is 2.29. The Bertz CT molecular complexity index is 757. The molecule has 1 fully saturated rings. The maximum Gasteiger partial charge on any atom is 0.227 e. The highest BCUT2D eigenvalue weighted by Crippen LogP contribution is 2.29. The average Bonchev–Trinajstić information content (AvgIpc) is 2.64. The number of unbranched alkanes of at least 4 members (excludes halogenated alkanes) is 1. The predicted molar refractivity (Wildman–Crippen MR) is 113 cm³/mol. The van der Waals surface area contributed by atoms with Gasteiger partial charge in [-0.25, -0.2) is 13.1 Å². The maximum absolute atomic E-state index is 12.6. The Kier molecular flexibility index (Phi) is 8.12. The Labute approximate surface area is 168 Å². The van der Waals surface area contributed by atoms with E-state index in [0.717, 1.165) is 12.8 Å². The molecule has 0 unspecified atom stereocenters. The molecule has 8 heteroatoms. The molecule has 4 N–H and O–H groups in total. The van der Waals surface area contributed by atoms with Crippen LogP contribution in [0.3, 0.4) is 0 Å². The van der Waals surface area contributed by atoms with Gasteiger partial charge in [0.2, 0.25) is 15.9 Å². The van der Waals surface area contributed by atoms with Crippen LogP contribution in [0.25, 0.3) is 0 Å². The molecular formula is C20H33N3O4S. The molecule has 0 saturated heterocycles. The van der Waals surface area contributed by atoms with Crippen LogP contribution in [0.5, 0.6) is 5.75 Å². The summed E-state index contributed by atoms with van der Waals surface area (Å²) in [5, 5.41) is 2.44. The molecular weight excluding hydrogens is 378 g/mol. The Balaban J connectivity index is 1.86. The topological polar surface area (TPSA) is 111 Å². The minimum Gasteiger partial charge on any atom is -0.494 e. The molecule has 0 aliphatic heterocycles. The molecule has 158 valence electrons. The van der Waals surface area contributed by atoms with Gasteiger partial charge >= 0.3 is 0 Å². The molecule has 1 amide bonds. The molecule has 0 atom stereocenters. The van der Waals surface area contributed by atoms with E-state index in [-0.39, 0.29) is 17.9 Å². The van der Waals surface area contributed by atoms with Gasteiger partial charge in [-0.3, -0.25) is 4.79 Å². The summed E-state index contributed by atoms with van der Waals surface area (Å²) in [5.74, 6) is 0.484. The highest BCUT2D eigenvalue weighted by atomic mass is 32.2. The second-order valence-electron chi connectivity index (χ2n) is 7.70. The fourth-order valence-electron chi connectivity index (χ4n) is 3.16.